The van der Waals surface area contributed by atoms with E-state index < -0.39 is 11.4 Å². The normalized spacial score (nSPS) is 11.9. The Morgan fingerprint density at radius 3 is 2.56 bits per heavy atom. The standard InChI is InChI=1S/C21H23ClN2O2S/c1-21(2,12-20(25)26)11-19-23-17-10-15(22)6-9-18(17)24(19)13-14-4-7-16(27-3)8-5-14/h4-10H,11-13H2,1-3H3,(H,25,26). The Bertz CT molecular complexity index is 964. The van der Waals surface area contributed by atoms with Crippen LogP contribution in [0.15, 0.2) is 47.4 Å². The van der Waals surface area contributed by atoms with Crippen molar-refractivity contribution in [3.8, 4) is 0 Å². The lowest BCUT2D eigenvalue weighted by atomic mass is 9.85. The Balaban J connectivity index is 2.01. The molecule has 2 aromatic carbocycles. The number of carbonyl (C=O) groups is 1. The molecule has 0 amide bonds. The van der Waals surface area contributed by atoms with Crippen LogP contribution in [-0.4, -0.2) is 26.9 Å². The molecule has 0 aliphatic rings. The van der Waals surface area contributed by atoms with E-state index >= 15 is 0 Å². The predicted molar refractivity (Wildman–Crippen MR) is 112 cm³/mol. The van der Waals surface area contributed by atoms with Gasteiger partial charge in [0, 0.05) is 22.9 Å². The van der Waals surface area contributed by atoms with Crippen LogP contribution in [0.1, 0.15) is 31.7 Å². The number of rotatable bonds is 7. The van der Waals surface area contributed by atoms with Crippen molar-refractivity contribution in [2.24, 2.45) is 5.41 Å². The van der Waals surface area contributed by atoms with Crippen molar-refractivity contribution >= 4 is 40.4 Å². The second kappa shape index (κ2) is 7.95. The van der Waals surface area contributed by atoms with E-state index in [4.69, 9.17) is 16.6 Å². The molecule has 1 heterocycles. The summed E-state index contributed by atoms with van der Waals surface area (Å²) in [6.45, 7) is 4.61. The maximum atomic E-state index is 11.2. The average Bonchev–Trinajstić information content (AvgIpc) is 2.90. The number of halogens is 1. The van der Waals surface area contributed by atoms with Crippen LogP contribution in [0.2, 0.25) is 5.02 Å². The van der Waals surface area contributed by atoms with Crippen LogP contribution >= 0.6 is 23.4 Å². The zero-order chi connectivity index (χ0) is 19.6. The van der Waals surface area contributed by atoms with E-state index in [2.05, 4.69) is 35.1 Å². The van der Waals surface area contributed by atoms with E-state index in [0.29, 0.717) is 18.0 Å². The highest BCUT2D eigenvalue weighted by Gasteiger charge is 2.25. The average molecular weight is 403 g/mol. The Hall–Kier alpha value is -1.98. The minimum absolute atomic E-state index is 0.0966. The van der Waals surface area contributed by atoms with Crippen LogP contribution in [0.4, 0.5) is 0 Å². The molecule has 142 valence electrons. The Morgan fingerprint density at radius 1 is 1.22 bits per heavy atom. The molecule has 27 heavy (non-hydrogen) atoms. The number of hydrogen-bond donors (Lipinski definition) is 1. The summed E-state index contributed by atoms with van der Waals surface area (Å²) in [6, 6.07) is 14.2. The minimum Gasteiger partial charge on any atom is -0.481 e. The monoisotopic (exact) mass is 402 g/mol. The summed E-state index contributed by atoms with van der Waals surface area (Å²) in [5.41, 5.74) is 2.63. The molecule has 0 saturated carbocycles. The highest BCUT2D eigenvalue weighted by Crippen LogP contribution is 2.29. The Morgan fingerprint density at radius 2 is 1.93 bits per heavy atom. The number of aromatic nitrogens is 2. The van der Waals surface area contributed by atoms with Gasteiger partial charge in [-0.05, 0) is 47.6 Å². The maximum Gasteiger partial charge on any atom is 0.303 e. The van der Waals surface area contributed by atoms with E-state index in [9.17, 15) is 9.90 Å². The van der Waals surface area contributed by atoms with Crippen LogP contribution in [0.3, 0.4) is 0 Å². The summed E-state index contributed by atoms with van der Waals surface area (Å²) in [4.78, 5) is 17.2. The third-order valence-electron chi connectivity index (χ3n) is 4.56. The summed E-state index contributed by atoms with van der Waals surface area (Å²) in [5, 5.41) is 9.86. The van der Waals surface area contributed by atoms with E-state index in [1.165, 1.54) is 10.5 Å². The molecule has 0 saturated heterocycles. The van der Waals surface area contributed by atoms with Gasteiger partial charge in [-0.1, -0.05) is 37.6 Å². The molecule has 0 spiro atoms. The van der Waals surface area contributed by atoms with Crippen molar-refractivity contribution in [1.82, 2.24) is 9.55 Å². The van der Waals surface area contributed by atoms with Gasteiger partial charge in [-0.15, -0.1) is 11.8 Å². The first-order chi connectivity index (χ1) is 12.8. The zero-order valence-corrected chi connectivity index (χ0v) is 17.3. The first-order valence-corrected chi connectivity index (χ1v) is 10.4. The zero-order valence-electron chi connectivity index (χ0n) is 15.7. The summed E-state index contributed by atoms with van der Waals surface area (Å²) in [5.74, 6) is 0.0887. The lowest BCUT2D eigenvalue weighted by Gasteiger charge is -2.22. The second-order valence-corrected chi connectivity index (χ2v) is 8.82. The number of carboxylic acids is 1. The maximum absolute atomic E-state index is 11.2. The number of hydrogen-bond acceptors (Lipinski definition) is 3. The van der Waals surface area contributed by atoms with E-state index in [0.717, 1.165) is 16.9 Å². The summed E-state index contributed by atoms with van der Waals surface area (Å²) < 4.78 is 2.17. The van der Waals surface area contributed by atoms with Crippen molar-refractivity contribution < 1.29 is 9.90 Å². The van der Waals surface area contributed by atoms with Crippen LogP contribution in [-0.2, 0) is 17.8 Å². The minimum atomic E-state index is -0.793. The molecule has 0 bridgehead atoms. The molecule has 0 aliphatic carbocycles. The third kappa shape index (κ3) is 4.85. The van der Waals surface area contributed by atoms with Gasteiger partial charge in [0.25, 0.3) is 0 Å². The number of aliphatic carboxylic acids is 1. The highest BCUT2D eigenvalue weighted by molar-refractivity contribution is 7.98. The lowest BCUT2D eigenvalue weighted by Crippen LogP contribution is -2.22. The molecule has 1 N–H and O–H groups in total. The first-order valence-electron chi connectivity index (χ1n) is 8.77. The number of nitrogens with zero attached hydrogens (tertiary/aromatic N) is 2. The third-order valence-corrected chi connectivity index (χ3v) is 5.53. The van der Waals surface area contributed by atoms with Crippen molar-refractivity contribution in [3.05, 3.63) is 58.9 Å². The van der Waals surface area contributed by atoms with Crippen LogP contribution in [0.5, 0.6) is 0 Å². The van der Waals surface area contributed by atoms with Crippen molar-refractivity contribution in [3.63, 3.8) is 0 Å². The molecule has 6 heteroatoms. The highest BCUT2D eigenvalue weighted by atomic mass is 35.5. The molecule has 0 radical (unpaired) electrons. The molecule has 0 aliphatic heterocycles. The molecule has 1 aromatic heterocycles. The quantitative estimate of drug-likeness (QED) is 0.530. The Labute approximate surface area is 168 Å². The summed E-state index contributed by atoms with van der Waals surface area (Å²) in [6.07, 6.45) is 2.73. The van der Waals surface area contributed by atoms with Crippen molar-refractivity contribution in [1.29, 1.82) is 0 Å². The van der Waals surface area contributed by atoms with Gasteiger partial charge in [-0.3, -0.25) is 4.79 Å². The second-order valence-electron chi connectivity index (χ2n) is 7.51. The molecule has 3 rings (SSSR count). The van der Waals surface area contributed by atoms with Crippen LogP contribution in [0.25, 0.3) is 11.0 Å². The first kappa shape index (κ1) is 19.8. The van der Waals surface area contributed by atoms with Gasteiger partial charge in [0.1, 0.15) is 5.82 Å². The van der Waals surface area contributed by atoms with Crippen LogP contribution in [0, 0.1) is 5.41 Å². The van der Waals surface area contributed by atoms with Crippen LogP contribution < -0.4 is 0 Å². The fraction of sp³-hybridized carbons (Fsp3) is 0.333. The van der Waals surface area contributed by atoms with E-state index in [1.54, 1.807) is 11.8 Å². The van der Waals surface area contributed by atoms with E-state index in [1.807, 2.05) is 32.0 Å². The largest absolute Gasteiger partial charge is 0.481 e. The Kier molecular flexibility index (Phi) is 5.82. The topological polar surface area (TPSA) is 55.1 Å². The fourth-order valence-corrected chi connectivity index (χ4v) is 3.85. The van der Waals surface area contributed by atoms with Crippen molar-refractivity contribution in [2.45, 2.75) is 38.1 Å². The van der Waals surface area contributed by atoms with Gasteiger partial charge < -0.3 is 9.67 Å². The van der Waals surface area contributed by atoms with Gasteiger partial charge >= 0.3 is 5.97 Å². The fourth-order valence-electron chi connectivity index (χ4n) is 3.28. The molecule has 0 atom stereocenters. The van der Waals surface area contributed by atoms with Gasteiger partial charge in [0.05, 0.1) is 17.5 Å². The molecular formula is C21H23ClN2O2S. The van der Waals surface area contributed by atoms with Crippen molar-refractivity contribution in [2.75, 3.05) is 6.26 Å². The number of imidazole rings is 1. The molecule has 4 nitrogen and oxygen atoms in total. The molecule has 0 unspecified atom stereocenters. The van der Waals surface area contributed by atoms with Gasteiger partial charge in [0.15, 0.2) is 0 Å². The lowest BCUT2D eigenvalue weighted by molar-refractivity contribution is -0.139. The number of benzene rings is 2. The van der Waals surface area contributed by atoms with Gasteiger partial charge in [-0.25, -0.2) is 4.98 Å². The smallest absolute Gasteiger partial charge is 0.303 e. The SMILES string of the molecule is CSc1ccc(Cn2c(CC(C)(C)CC(=O)O)nc3cc(Cl)ccc32)cc1. The number of thioether (sulfide) groups is 1. The number of carboxylic acid groups (broad SMARTS) is 1. The number of fused-ring (bicyclic) bond motifs is 1. The summed E-state index contributed by atoms with van der Waals surface area (Å²) >= 11 is 7.86. The molecular weight excluding hydrogens is 380 g/mol. The summed E-state index contributed by atoms with van der Waals surface area (Å²) in [7, 11) is 0. The van der Waals surface area contributed by atoms with Gasteiger partial charge in [0.2, 0.25) is 0 Å². The molecule has 3 aromatic rings. The van der Waals surface area contributed by atoms with E-state index in [-0.39, 0.29) is 6.42 Å². The molecule has 0 fully saturated rings. The predicted octanol–water partition coefficient (Wildman–Crippen LogP) is 5.50. The van der Waals surface area contributed by atoms with Gasteiger partial charge in [-0.2, -0.15) is 0 Å².